The lowest BCUT2D eigenvalue weighted by Gasteiger charge is -2.22. The van der Waals surface area contributed by atoms with Crippen LogP contribution in [0.25, 0.3) is 0 Å². The molecule has 0 radical (unpaired) electrons. The lowest BCUT2D eigenvalue weighted by Crippen LogP contribution is -2.38. The molecule has 0 unspecified atom stereocenters. The average Bonchev–Trinajstić information content (AvgIpc) is 2.28. The molecular formula is C13H15BrFNO3. The number of ether oxygens (including phenoxy) is 1. The van der Waals surface area contributed by atoms with Crippen molar-refractivity contribution in [1.29, 1.82) is 0 Å². The highest BCUT2D eigenvalue weighted by atomic mass is 79.9. The van der Waals surface area contributed by atoms with Crippen molar-refractivity contribution in [1.82, 2.24) is 0 Å². The molecule has 0 N–H and O–H groups in total. The normalized spacial score (nSPS) is 11.1. The largest absolute Gasteiger partial charge is 0.453 e. The van der Waals surface area contributed by atoms with E-state index in [0.29, 0.717) is 4.47 Å². The van der Waals surface area contributed by atoms with Crippen LogP contribution in [0.3, 0.4) is 0 Å². The molecule has 0 saturated heterocycles. The van der Waals surface area contributed by atoms with Gasteiger partial charge in [0.15, 0.2) is 0 Å². The summed E-state index contributed by atoms with van der Waals surface area (Å²) in [4.78, 5) is 24.4. The molecule has 0 aliphatic carbocycles. The molecule has 0 aromatic heterocycles. The van der Waals surface area contributed by atoms with E-state index in [1.807, 2.05) is 0 Å². The first-order valence-corrected chi connectivity index (χ1v) is 6.37. The first kappa shape index (κ1) is 15.6. The number of anilines is 1. The maximum Gasteiger partial charge on any atom is 0.397 e. The Kier molecular flexibility index (Phi) is 4.68. The molecule has 0 bridgehead atoms. The number of amides is 1. The van der Waals surface area contributed by atoms with Crippen molar-refractivity contribution in [3.05, 3.63) is 28.5 Å². The number of likely N-dealkylation sites (N-methyl/N-ethyl adjacent to an activating group) is 1. The number of halogens is 2. The quantitative estimate of drug-likeness (QED) is 0.587. The third-order valence-electron chi connectivity index (χ3n) is 2.15. The Morgan fingerprint density at radius 2 is 1.89 bits per heavy atom. The van der Waals surface area contributed by atoms with Gasteiger partial charge in [-0.2, -0.15) is 0 Å². The van der Waals surface area contributed by atoms with Gasteiger partial charge in [-0.3, -0.25) is 4.79 Å². The summed E-state index contributed by atoms with van der Waals surface area (Å²) < 4.78 is 19.2. The Labute approximate surface area is 119 Å². The van der Waals surface area contributed by atoms with Crippen molar-refractivity contribution in [3.63, 3.8) is 0 Å². The van der Waals surface area contributed by atoms with E-state index in [1.54, 1.807) is 20.8 Å². The van der Waals surface area contributed by atoms with E-state index >= 15 is 0 Å². The molecule has 1 aromatic carbocycles. The summed E-state index contributed by atoms with van der Waals surface area (Å²) >= 11 is 3.18. The van der Waals surface area contributed by atoms with Crippen LogP contribution in [0.5, 0.6) is 0 Å². The maximum absolute atomic E-state index is 13.6. The van der Waals surface area contributed by atoms with Gasteiger partial charge in [-0.25, -0.2) is 9.18 Å². The fourth-order valence-corrected chi connectivity index (χ4v) is 1.66. The Morgan fingerprint density at radius 1 is 1.32 bits per heavy atom. The summed E-state index contributed by atoms with van der Waals surface area (Å²) in [7, 11) is 1.32. The molecular weight excluding hydrogens is 317 g/mol. The van der Waals surface area contributed by atoms with Crippen LogP contribution in [0, 0.1) is 5.82 Å². The van der Waals surface area contributed by atoms with Gasteiger partial charge in [0.1, 0.15) is 11.4 Å². The summed E-state index contributed by atoms with van der Waals surface area (Å²) in [5.74, 6) is -2.54. The molecule has 0 fully saturated rings. The number of hydrogen-bond donors (Lipinski definition) is 0. The smallest absolute Gasteiger partial charge is 0.397 e. The zero-order chi connectivity index (χ0) is 14.8. The van der Waals surface area contributed by atoms with Crippen molar-refractivity contribution in [2.24, 2.45) is 0 Å². The highest BCUT2D eigenvalue weighted by Crippen LogP contribution is 2.23. The van der Waals surface area contributed by atoms with E-state index in [1.165, 1.54) is 25.2 Å². The predicted octanol–water partition coefficient (Wildman–Crippen LogP) is 2.89. The molecule has 0 atom stereocenters. The highest BCUT2D eigenvalue weighted by molar-refractivity contribution is 9.10. The molecule has 0 aliphatic rings. The van der Waals surface area contributed by atoms with Crippen LogP contribution in [0.4, 0.5) is 10.1 Å². The molecule has 104 valence electrons. The third-order valence-corrected chi connectivity index (χ3v) is 2.64. The summed E-state index contributed by atoms with van der Waals surface area (Å²) in [6, 6.07) is 4.13. The number of hydrogen-bond acceptors (Lipinski definition) is 3. The van der Waals surface area contributed by atoms with E-state index in [0.717, 1.165) is 4.90 Å². The van der Waals surface area contributed by atoms with Gasteiger partial charge >= 0.3 is 11.9 Å². The van der Waals surface area contributed by atoms with Gasteiger partial charge in [-0.1, -0.05) is 15.9 Å². The second-order valence-electron chi connectivity index (χ2n) is 4.96. The number of carbonyl (C=O) groups is 2. The average molecular weight is 332 g/mol. The topological polar surface area (TPSA) is 46.6 Å². The minimum atomic E-state index is -1.02. The fourth-order valence-electron chi connectivity index (χ4n) is 1.31. The highest BCUT2D eigenvalue weighted by Gasteiger charge is 2.27. The summed E-state index contributed by atoms with van der Waals surface area (Å²) in [6.45, 7) is 4.95. The van der Waals surface area contributed by atoms with Crippen molar-refractivity contribution < 1.29 is 18.7 Å². The first-order valence-electron chi connectivity index (χ1n) is 5.58. The Bertz CT molecular complexity index is 511. The lowest BCUT2D eigenvalue weighted by atomic mass is 10.2. The molecule has 1 amide bonds. The summed E-state index contributed by atoms with van der Waals surface area (Å²) in [5.41, 5.74) is -0.770. The van der Waals surface area contributed by atoms with Crippen LogP contribution in [0.2, 0.25) is 0 Å². The molecule has 19 heavy (non-hydrogen) atoms. The monoisotopic (exact) mass is 331 g/mol. The minimum Gasteiger partial charge on any atom is -0.453 e. The second-order valence-corrected chi connectivity index (χ2v) is 5.88. The third kappa shape index (κ3) is 4.31. The fraction of sp³-hybridized carbons (Fsp3) is 0.385. The number of esters is 1. The molecule has 6 heteroatoms. The van der Waals surface area contributed by atoms with Gasteiger partial charge in [-0.15, -0.1) is 0 Å². The Balaban J connectivity index is 2.94. The van der Waals surface area contributed by atoms with E-state index < -0.39 is 23.3 Å². The molecule has 1 rings (SSSR count). The lowest BCUT2D eigenvalue weighted by molar-refractivity contribution is -0.162. The van der Waals surface area contributed by atoms with Crippen LogP contribution in [0.1, 0.15) is 20.8 Å². The SMILES string of the molecule is CN(C(=O)C(=O)OC(C)(C)C)c1cc(Br)ccc1F. The molecule has 0 heterocycles. The Morgan fingerprint density at radius 3 is 2.42 bits per heavy atom. The maximum atomic E-state index is 13.6. The van der Waals surface area contributed by atoms with Gasteiger partial charge in [0.05, 0.1) is 5.69 Å². The zero-order valence-corrected chi connectivity index (χ0v) is 12.7. The van der Waals surface area contributed by atoms with Gasteiger partial charge in [0.25, 0.3) is 0 Å². The molecule has 1 aromatic rings. The van der Waals surface area contributed by atoms with Crippen LogP contribution < -0.4 is 4.90 Å². The van der Waals surface area contributed by atoms with Gasteiger partial charge < -0.3 is 9.64 Å². The van der Waals surface area contributed by atoms with Crippen LogP contribution in [-0.2, 0) is 14.3 Å². The van der Waals surface area contributed by atoms with Crippen LogP contribution in [0.15, 0.2) is 22.7 Å². The van der Waals surface area contributed by atoms with Gasteiger partial charge in [0.2, 0.25) is 0 Å². The molecule has 0 aliphatic heterocycles. The van der Waals surface area contributed by atoms with Gasteiger partial charge in [0, 0.05) is 11.5 Å². The Hall–Kier alpha value is -1.43. The summed E-state index contributed by atoms with van der Waals surface area (Å²) in [5, 5.41) is 0. The van der Waals surface area contributed by atoms with E-state index in [2.05, 4.69) is 15.9 Å². The zero-order valence-electron chi connectivity index (χ0n) is 11.2. The van der Waals surface area contributed by atoms with Crippen molar-refractivity contribution in [2.45, 2.75) is 26.4 Å². The van der Waals surface area contributed by atoms with Crippen molar-refractivity contribution >= 4 is 33.5 Å². The molecule has 0 saturated carbocycles. The van der Waals surface area contributed by atoms with Crippen molar-refractivity contribution in [3.8, 4) is 0 Å². The molecule has 0 spiro atoms. The van der Waals surface area contributed by atoms with Gasteiger partial charge in [-0.05, 0) is 39.0 Å². The predicted molar refractivity (Wildman–Crippen MR) is 73.4 cm³/mol. The first-order chi connectivity index (χ1) is 8.61. The van der Waals surface area contributed by atoms with Crippen LogP contribution >= 0.6 is 15.9 Å². The number of nitrogens with zero attached hydrogens (tertiary/aromatic N) is 1. The van der Waals surface area contributed by atoms with E-state index in [4.69, 9.17) is 4.74 Å². The minimum absolute atomic E-state index is 0.00485. The number of benzene rings is 1. The van der Waals surface area contributed by atoms with Crippen molar-refractivity contribution in [2.75, 3.05) is 11.9 Å². The summed E-state index contributed by atoms with van der Waals surface area (Å²) in [6.07, 6.45) is 0. The van der Waals surface area contributed by atoms with E-state index in [9.17, 15) is 14.0 Å². The number of rotatable bonds is 1. The second kappa shape index (κ2) is 5.69. The van der Waals surface area contributed by atoms with E-state index in [-0.39, 0.29) is 5.69 Å². The van der Waals surface area contributed by atoms with Crippen LogP contribution in [-0.4, -0.2) is 24.5 Å². The number of carbonyl (C=O) groups excluding carboxylic acids is 2. The molecule has 4 nitrogen and oxygen atoms in total. The standard InChI is InChI=1S/C13H15BrFNO3/c1-13(2,3)19-12(18)11(17)16(4)10-7-8(14)5-6-9(10)15/h5-7H,1-4H3.